The Morgan fingerprint density at radius 1 is 1.29 bits per heavy atom. The van der Waals surface area contributed by atoms with Crippen molar-refractivity contribution in [3.63, 3.8) is 0 Å². The van der Waals surface area contributed by atoms with E-state index in [1.165, 1.54) is 0 Å². The van der Waals surface area contributed by atoms with E-state index in [-0.39, 0.29) is 18.1 Å². The van der Waals surface area contributed by atoms with Gasteiger partial charge in [0.25, 0.3) is 0 Å². The fourth-order valence-electron chi connectivity index (χ4n) is 2.66. The molecule has 1 aromatic rings. The van der Waals surface area contributed by atoms with Gasteiger partial charge in [0.15, 0.2) is 0 Å². The molecule has 21 heavy (non-hydrogen) atoms. The molecular weight excluding hydrogens is 266 g/mol. The summed E-state index contributed by atoms with van der Waals surface area (Å²) < 4.78 is 5.47. The fraction of sp³-hybridized carbons (Fsp3) is 0.588. The molecule has 1 amide bonds. The van der Waals surface area contributed by atoms with Crippen molar-refractivity contribution in [3.05, 3.63) is 29.3 Å². The maximum Gasteiger partial charge on any atom is 0.414 e. The molecule has 0 fully saturated rings. The van der Waals surface area contributed by atoms with Crippen LogP contribution in [0.4, 0.5) is 10.5 Å². The van der Waals surface area contributed by atoms with Crippen molar-refractivity contribution in [2.75, 3.05) is 18.1 Å². The number of carbonyl (C=O) groups excluding carboxylic acids is 1. The maximum atomic E-state index is 12.3. The van der Waals surface area contributed by atoms with Crippen molar-refractivity contribution in [3.8, 4) is 0 Å². The van der Waals surface area contributed by atoms with E-state index >= 15 is 0 Å². The predicted octanol–water partition coefficient (Wildman–Crippen LogP) is 3.25. The third kappa shape index (κ3) is 3.21. The molecule has 0 bridgehead atoms. The van der Waals surface area contributed by atoms with Gasteiger partial charge in [-0.05, 0) is 44.4 Å². The number of aliphatic hydroxyl groups is 1. The van der Waals surface area contributed by atoms with Crippen LogP contribution in [0.5, 0.6) is 0 Å². The van der Waals surface area contributed by atoms with Crippen molar-refractivity contribution in [2.45, 2.75) is 52.1 Å². The Kier molecular flexibility index (Phi) is 4.02. The average molecular weight is 291 g/mol. The van der Waals surface area contributed by atoms with Crippen LogP contribution in [0.2, 0.25) is 0 Å². The Labute approximate surface area is 126 Å². The smallest absolute Gasteiger partial charge is 0.414 e. The zero-order chi connectivity index (χ0) is 15.8. The van der Waals surface area contributed by atoms with E-state index in [1.54, 1.807) is 4.90 Å². The fourth-order valence-corrected chi connectivity index (χ4v) is 2.66. The Morgan fingerprint density at radius 2 is 1.95 bits per heavy atom. The Morgan fingerprint density at radius 3 is 2.52 bits per heavy atom. The molecule has 1 aliphatic heterocycles. The molecule has 0 spiro atoms. The van der Waals surface area contributed by atoms with E-state index in [2.05, 4.69) is 0 Å². The number of rotatable bonds is 2. The second-order valence-corrected chi connectivity index (χ2v) is 7.23. The monoisotopic (exact) mass is 291 g/mol. The highest BCUT2D eigenvalue weighted by Gasteiger charge is 2.33. The summed E-state index contributed by atoms with van der Waals surface area (Å²) in [5.74, 6) is 0. The van der Waals surface area contributed by atoms with Crippen LogP contribution in [0.1, 0.15) is 45.7 Å². The minimum absolute atomic E-state index is 0.0793. The molecule has 1 N–H and O–H groups in total. The summed E-state index contributed by atoms with van der Waals surface area (Å²) in [5, 5.41) is 9.60. The van der Waals surface area contributed by atoms with Crippen molar-refractivity contribution in [2.24, 2.45) is 0 Å². The molecule has 4 nitrogen and oxygen atoms in total. The van der Waals surface area contributed by atoms with Crippen LogP contribution in [0.15, 0.2) is 18.2 Å². The summed E-state index contributed by atoms with van der Waals surface area (Å²) in [4.78, 5) is 14.0. The first-order chi connectivity index (χ1) is 9.65. The lowest BCUT2D eigenvalue weighted by molar-refractivity contribution is 0.0584. The molecule has 0 unspecified atom stereocenters. The SMILES string of the molecule is CC(C)(C)OC(=O)N1CCc2c1cccc2C(C)(C)CO. The number of carbonyl (C=O) groups is 1. The molecule has 1 aromatic carbocycles. The Bertz CT molecular complexity index is 543. The number of amides is 1. The number of benzene rings is 1. The molecule has 0 aliphatic carbocycles. The highest BCUT2D eigenvalue weighted by atomic mass is 16.6. The first-order valence-electron chi connectivity index (χ1n) is 7.39. The van der Waals surface area contributed by atoms with Crippen molar-refractivity contribution >= 4 is 11.8 Å². The number of nitrogens with zero attached hydrogens (tertiary/aromatic N) is 1. The quantitative estimate of drug-likeness (QED) is 0.910. The topological polar surface area (TPSA) is 49.8 Å². The van der Waals surface area contributed by atoms with Crippen LogP contribution >= 0.6 is 0 Å². The van der Waals surface area contributed by atoms with Crippen LogP contribution < -0.4 is 4.90 Å². The van der Waals surface area contributed by atoms with Gasteiger partial charge in [-0.1, -0.05) is 26.0 Å². The van der Waals surface area contributed by atoms with Gasteiger partial charge >= 0.3 is 6.09 Å². The van der Waals surface area contributed by atoms with Gasteiger partial charge in [0.1, 0.15) is 5.60 Å². The molecule has 4 heteroatoms. The van der Waals surface area contributed by atoms with Crippen molar-refractivity contribution in [1.82, 2.24) is 0 Å². The van der Waals surface area contributed by atoms with Gasteiger partial charge < -0.3 is 9.84 Å². The molecule has 1 aliphatic rings. The highest BCUT2D eigenvalue weighted by molar-refractivity contribution is 5.91. The predicted molar refractivity (Wildman–Crippen MR) is 83.8 cm³/mol. The lowest BCUT2D eigenvalue weighted by Gasteiger charge is -2.27. The Balaban J connectivity index is 2.34. The van der Waals surface area contributed by atoms with Crippen molar-refractivity contribution < 1.29 is 14.6 Å². The highest BCUT2D eigenvalue weighted by Crippen LogP contribution is 2.37. The van der Waals surface area contributed by atoms with E-state index in [9.17, 15) is 9.90 Å². The van der Waals surface area contributed by atoms with Crippen LogP contribution in [0.25, 0.3) is 0 Å². The molecule has 0 saturated carbocycles. The summed E-state index contributed by atoms with van der Waals surface area (Å²) in [6.45, 7) is 10.3. The minimum Gasteiger partial charge on any atom is -0.443 e. The van der Waals surface area contributed by atoms with Gasteiger partial charge in [-0.15, -0.1) is 0 Å². The van der Waals surface area contributed by atoms with E-state index in [0.717, 1.165) is 23.2 Å². The molecular formula is C17H25NO3. The molecule has 0 aromatic heterocycles. The van der Waals surface area contributed by atoms with E-state index in [4.69, 9.17) is 4.74 Å². The van der Waals surface area contributed by atoms with Crippen LogP contribution in [-0.4, -0.2) is 30.0 Å². The lowest BCUT2D eigenvalue weighted by Crippen LogP contribution is -2.35. The summed E-state index contributed by atoms with van der Waals surface area (Å²) in [7, 11) is 0. The molecule has 0 saturated heterocycles. The van der Waals surface area contributed by atoms with Gasteiger partial charge in [0.2, 0.25) is 0 Å². The molecule has 0 radical (unpaired) electrons. The average Bonchev–Trinajstić information content (AvgIpc) is 2.80. The van der Waals surface area contributed by atoms with Gasteiger partial charge in [-0.3, -0.25) is 4.90 Å². The number of ether oxygens (including phenoxy) is 1. The number of fused-ring (bicyclic) bond motifs is 1. The molecule has 1 heterocycles. The molecule has 116 valence electrons. The van der Waals surface area contributed by atoms with Crippen molar-refractivity contribution in [1.29, 1.82) is 0 Å². The summed E-state index contributed by atoms with van der Waals surface area (Å²) in [6, 6.07) is 5.92. The number of hydrogen-bond acceptors (Lipinski definition) is 3. The normalized spacial score (nSPS) is 15.0. The standard InChI is InChI=1S/C17H25NO3/c1-16(2,3)21-15(20)18-10-9-12-13(17(4,5)11-19)7-6-8-14(12)18/h6-8,19H,9-11H2,1-5H3. The van der Waals surface area contributed by atoms with Crippen LogP contribution in [0.3, 0.4) is 0 Å². The number of anilines is 1. The van der Waals surface area contributed by atoms with Gasteiger partial charge in [-0.2, -0.15) is 0 Å². The van der Waals surface area contributed by atoms with E-state index in [1.807, 2.05) is 52.8 Å². The second kappa shape index (κ2) is 5.34. The molecule has 0 atom stereocenters. The van der Waals surface area contributed by atoms with Gasteiger partial charge in [0.05, 0.1) is 12.3 Å². The Hall–Kier alpha value is -1.55. The first-order valence-corrected chi connectivity index (χ1v) is 7.39. The summed E-state index contributed by atoms with van der Waals surface area (Å²) in [6.07, 6.45) is 0.494. The lowest BCUT2D eigenvalue weighted by atomic mass is 9.82. The van der Waals surface area contributed by atoms with E-state index in [0.29, 0.717) is 6.54 Å². The summed E-state index contributed by atoms with van der Waals surface area (Å²) >= 11 is 0. The third-order valence-corrected chi connectivity index (χ3v) is 3.77. The third-order valence-electron chi connectivity index (χ3n) is 3.77. The largest absolute Gasteiger partial charge is 0.443 e. The first kappa shape index (κ1) is 15.8. The van der Waals surface area contributed by atoms with Gasteiger partial charge in [-0.25, -0.2) is 4.79 Å². The summed E-state index contributed by atoms with van der Waals surface area (Å²) in [5.41, 5.74) is 2.34. The molecule has 2 rings (SSSR count). The number of aliphatic hydroxyl groups excluding tert-OH is 1. The van der Waals surface area contributed by atoms with Crippen LogP contribution in [-0.2, 0) is 16.6 Å². The number of hydrogen-bond donors (Lipinski definition) is 1. The minimum atomic E-state index is -0.498. The zero-order valence-electron chi connectivity index (χ0n) is 13.6. The van der Waals surface area contributed by atoms with Gasteiger partial charge in [0, 0.05) is 12.0 Å². The maximum absolute atomic E-state index is 12.3. The zero-order valence-corrected chi connectivity index (χ0v) is 13.6. The van der Waals surface area contributed by atoms with Crippen LogP contribution in [0, 0.1) is 0 Å². The second-order valence-electron chi connectivity index (χ2n) is 7.23. The van der Waals surface area contributed by atoms with E-state index < -0.39 is 5.60 Å².